The largest absolute Gasteiger partial charge is 0.506 e. The van der Waals surface area contributed by atoms with Crippen LogP contribution in [0.5, 0.6) is 5.75 Å². The first kappa shape index (κ1) is 19.8. The number of rotatable bonds is 6. The number of benzene rings is 2. The molecule has 148 valence electrons. The Hall–Kier alpha value is -3.94. The molecule has 1 heterocycles. The number of pyridine rings is 1. The Morgan fingerprint density at radius 1 is 0.966 bits per heavy atom. The summed E-state index contributed by atoms with van der Waals surface area (Å²) in [7, 11) is 1.44. The molecule has 0 saturated heterocycles. The van der Waals surface area contributed by atoms with Crippen LogP contribution in [0.1, 0.15) is 33.6 Å². The highest BCUT2D eigenvalue weighted by atomic mass is 16.4. The van der Waals surface area contributed by atoms with E-state index >= 15 is 0 Å². The summed E-state index contributed by atoms with van der Waals surface area (Å²) in [6, 6.07) is 11.1. The third kappa shape index (κ3) is 3.73. The lowest BCUT2D eigenvalue weighted by Gasteiger charge is -2.13. The van der Waals surface area contributed by atoms with Gasteiger partial charge in [0.15, 0.2) is 5.78 Å². The molecule has 29 heavy (non-hydrogen) atoms. The monoisotopic (exact) mass is 395 g/mol. The summed E-state index contributed by atoms with van der Waals surface area (Å²) in [5.74, 6) is -3.49. The average molecular weight is 395 g/mol. The van der Waals surface area contributed by atoms with E-state index in [9.17, 15) is 24.3 Å². The second-order valence-electron chi connectivity index (χ2n) is 6.52. The van der Waals surface area contributed by atoms with Gasteiger partial charge in [0.2, 0.25) is 0 Å². The number of carbonyl (C=O) groups excluding carboxylic acids is 1. The van der Waals surface area contributed by atoms with Crippen molar-refractivity contribution >= 4 is 28.6 Å². The van der Waals surface area contributed by atoms with Crippen LogP contribution in [-0.2, 0) is 11.8 Å². The lowest BCUT2D eigenvalue weighted by atomic mass is 9.99. The molecule has 0 fully saturated rings. The molecule has 0 radical (unpaired) electrons. The summed E-state index contributed by atoms with van der Waals surface area (Å²) in [6.07, 6.45) is -0.845. The highest BCUT2D eigenvalue weighted by Gasteiger charge is 2.22. The van der Waals surface area contributed by atoms with Crippen LogP contribution in [0.4, 0.5) is 0 Å². The van der Waals surface area contributed by atoms with Gasteiger partial charge in [-0.3, -0.25) is 14.4 Å². The van der Waals surface area contributed by atoms with Crippen LogP contribution in [0.3, 0.4) is 0 Å². The normalized spacial score (nSPS) is 10.8. The van der Waals surface area contributed by atoms with E-state index in [-0.39, 0.29) is 10.9 Å². The van der Waals surface area contributed by atoms with Gasteiger partial charge in [-0.2, -0.15) is 0 Å². The van der Waals surface area contributed by atoms with Gasteiger partial charge in [-0.25, -0.2) is 4.79 Å². The fourth-order valence-electron chi connectivity index (χ4n) is 3.13. The molecule has 0 aliphatic carbocycles. The minimum atomic E-state index is -1.18. The molecule has 2 aromatic carbocycles. The predicted molar refractivity (Wildman–Crippen MR) is 104 cm³/mol. The molecule has 0 bridgehead atoms. The smallest absolute Gasteiger partial charge is 0.335 e. The third-order valence-corrected chi connectivity index (χ3v) is 4.66. The van der Waals surface area contributed by atoms with Crippen molar-refractivity contribution in [1.29, 1.82) is 0 Å². The molecule has 0 spiro atoms. The Balaban J connectivity index is 2.15. The number of aromatic hydroxyl groups is 1. The number of ketones is 1. The van der Waals surface area contributed by atoms with Crippen molar-refractivity contribution in [2.24, 2.45) is 7.05 Å². The Kier molecular flexibility index (Phi) is 5.18. The molecule has 8 heteroatoms. The summed E-state index contributed by atoms with van der Waals surface area (Å²) in [6.45, 7) is 0. The topological polar surface area (TPSA) is 134 Å². The van der Waals surface area contributed by atoms with Crippen LogP contribution in [0.2, 0.25) is 0 Å². The van der Waals surface area contributed by atoms with Crippen molar-refractivity contribution < 1.29 is 29.7 Å². The number of aromatic carboxylic acids is 1. The summed E-state index contributed by atoms with van der Waals surface area (Å²) < 4.78 is 1.20. The number of carboxylic acids is 2. The van der Waals surface area contributed by atoms with Gasteiger partial charge >= 0.3 is 11.9 Å². The number of fused-ring (bicyclic) bond motifs is 1. The quantitative estimate of drug-likeness (QED) is 0.546. The second kappa shape index (κ2) is 7.59. The van der Waals surface area contributed by atoms with Crippen LogP contribution in [0, 0.1) is 0 Å². The Morgan fingerprint density at radius 3 is 2.31 bits per heavy atom. The van der Waals surface area contributed by atoms with Gasteiger partial charge < -0.3 is 19.9 Å². The molecule has 3 rings (SSSR count). The third-order valence-electron chi connectivity index (χ3n) is 4.66. The van der Waals surface area contributed by atoms with Crippen LogP contribution >= 0.6 is 0 Å². The van der Waals surface area contributed by atoms with Crippen molar-refractivity contribution in [3.63, 3.8) is 0 Å². The van der Waals surface area contributed by atoms with E-state index in [1.807, 2.05) is 0 Å². The number of carbonyl (C=O) groups is 3. The first-order chi connectivity index (χ1) is 13.7. The molecule has 0 saturated carbocycles. The molecule has 0 aliphatic heterocycles. The minimum absolute atomic E-state index is 0.110. The van der Waals surface area contributed by atoms with E-state index in [1.54, 1.807) is 24.3 Å². The Labute approximate surface area is 164 Å². The van der Waals surface area contributed by atoms with E-state index < -0.39 is 47.4 Å². The number of hydrogen-bond acceptors (Lipinski definition) is 5. The maximum atomic E-state index is 12.6. The van der Waals surface area contributed by atoms with E-state index in [0.717, 1.165) is 0 Å². The zero-order valence-electron chi connectivity index (χ0n) is 15.4. The zero-order valence-corrected chi connectivity index (χ0v) is 15.4. The van der Waals surface area contributed by atoms with E-state index in [1.165, 1.54) is 29.8 Å². The fraction of sp³-hybridized carbons (Fsp3) is 0.143. The predicted octanol–water partition coefficient (Wildman–Crippen LogP) is 2.66. The highest BCUT2D eigenvalue weighted by Crippen LogP contribution is 2.31. The molecule has 0 unspecified atom stereocenters. The van der Waals surface area contributed by atoms with E-state index in [2.05, 4.69) is 0 Å². The molecule has 3 N–H and O–H groups in total. The van der Waals surface area contributed by atoms with Gasteiger partial charge in [-0.05, 0) is 35.4 Å². The van der Waals surface area contributed by atoms with Crippen molar-refractivity contribution in [3.8, 4) is 16.9 Å². The summed E-state index contributed by atoms with van der Waals surface area (Å²) >= 11 is 0. The number of nitrogens with zero attached hydrogens (tertiary/aromatic N) is 1. The minimum Gasteiger partial charge on any atom is -0.506 e. The van der Waals surface area contributed by atoms with Crippen molar-refractivity contribution in [2.45, 2.75) is 12.8 Å². The van der Waals surface area contributed by atoms with Gasteiger partial charge in [-0.1, -0.05) is 18.2 Å². The van der Waals surface area contributed by atoms with Crippen LogP contribution in [-0.4, -0.2) is 37.6 Å². The fourth-order valence-corrected chi connectivity index (χ4v) is 3.13. The van der Waals surface area contributed by atoms with Crippen LogP contribution in [0.15, 0.2) is 47.3 Å². The van der Waals surface area contributed by atoms with Gasteiger partial charge in [0.05, 0.1) is 17.5 Å². The number of hydrogen-bond donors (Lipinski definition) is 3. The number of Topliss-reactive ketones (excluding diaryl/α,β-unsaturated/α-hetero) is 1. The van der Waals surface area contributed by atoms with Crippen LogP contribution in [0.25, 0.3) is 22.0 Å². The number of aromatic nitrogens is 1. The van der Waals surface area contributed by atoms with Gasteiger partial charge in [-0.15, -0.1) is 0 Å². The SMILES string of the molecule is Cn1c(=O)c(C(=O)CCC(=O)O)c(O)c2ccc(-c3cccc(C(=O)O)c3)cc21. The summed E-state index contributed by atoms with van der Waals surface area (Å²) in [4.78, 5) is 46.8. The maximum Gasteiger partial charge on any atom is 0.335 e. The second-order valence-corrected chi connectivity index (χ2v) is 6.52. The highest BCUT2D eigenvalue weighted by molar-refractivity contribution is 6.04. The van der Waals surface area contributed by atoms with Gasteiger partial charge in [0.1, 0.15) is 11.3 Å². The van der Waals surface area contributed by atoms with Crippen LogP contribution < -0.4 is 5.56 Å². The van der Waals surface area contributed by atoms with E-state index in [0.29, 0.717) is 16.6 Å². The number of aliphatic carboxylic acids is 1. The first-order valence-electron chi connectivity index (χ1n) is 8.65. The standard InChI is InChI=1S/C21H17NO7/c1-22-15-10-12(11-3-2-4-13(9-11)21(28)29)5-6-14(15)19(26)18(20(22)27)16(23)7-8-17(24)25/h2-6,9-10,26H,7-8H2,1H3,(H,24,25)(H,28,29). The zero-order chi connectivity index (χ0) is 21.3. The maximum absolute atomic E-state index is 12.6. The summed E-state index contributed by atoms with van der Waals surface area (Å²) in [5.41, 5.74) is 0.517. The van der Waals surface area contributed by atoms with Gasteiger partial charge in [0, 0.05) is 18.9 Å². The van der Waals surface area contributed by atoms with Crippen molar-refractivity contribution in [1.82, 2.24) is 4.57 Å². The number of aryl methyl sites for hydroxylation is 1. The molecule has 0 atom stereocenters. The molecule has 3 aromatic rings. The summed E-state index contributed by atoms with van der Waals surface area (Å²) in [5, 5.41) is 28.7. The van der Waals surface area contributed by atoms with Crippen molar-refractivity contribution in [3.05, 3.63) is 63.9 Å². The molecule has 8 nitrogen and oxygen atoms in total. The lowest BCUT2D eigenvalue weighted by Crippen LogP contribution is -2.25. The Bertz CT molecular complexity index is 1220. The molecule has 0 amide bonds. The van der Waals surface area contributed by atoms with Gasteiger partial charge in [0.25, 0.3) is 5.56 Å². The average Bonchev–Trinajstić information content (AvgIpc) is 2.70. The molecular weight excluding hydrogens is 378 g/mol. The van der Waals surface area contributed by atoms with E-state index in [4.69, 9.17) is 10.2 Å². The molecule has 0 aliphatic rings. The Morgan fingerprint density at radius 2 is 1.66 bits per heavy atom. The number of carboxylic acid groups (broad SMARTS) is 2. The first-order valence-corrected chi connectivity index (χ1v) is 8.65. The molecule has 1 aromatic heterocycles. The van der Waals surface area contributed by atoms with Crippen molar-refractivity contribution in [2.75, 3.05) is 0 Å². The molecular formula is C21H17NO7. The lowest BCUT2D eigenvalue weighted by molar-refractivity contribution is -0.136.